The summed E-state index contributed by atoms with van der Waals surface area (Å²) < 4.78 is 8.20. The van der Waals surface area contributed by atoms with E-state index in [0.717, 1.165) is 43.8 Å². The molecule has 0 unspecified atom stereocenters. The van der Waals surface area contributed by atoms with Gasteiger partial charge in [-0.05, 0) is 47.9 Å². The molecule has 0 radical (unpaired) electrons. The number of hydrogen-bond donors (Lipinski definition) is 0. The standard InChI is InChI=1S/C26H13N3O/c1-28-17-9-11-24-21(13-17)19-6-2-3-8-23(19)29(24)18-10-12-25-22(14-18)20-7-4-5-16(15-27)26(20)30-25/h2-14H. The van der Waals surface area contributed by atoms with E-state index in [9.17, 15) is 5.26 Å². The van der Waals surface area contributed by atoms with Crippen LogP contribution in [0.5, 0.6) is 0 Å². The third kappa shape index (κ3) is 2.13. The maximum Gasteiger partial charge on any atom is 0.188 e. The Hall–Kier alpha value is -4.54. The number of para-hydroxylation sites is 2. The van der Waals surface area contributed by atoms with Crippen LogP contribution in [0.4, 0.5) is 5.69 Å². The van der Waals surface area contributed by atoms with Crippen LogP contribution in [0, 0.1) is 17.9 Å². The Labute approximate surface area is 171 Å². The normalized spacial score (nSPS) is 11.3. The second-order valence-corrected chi connectivity index (χ2v) is 7.24. The largest absolute Gasteiger partial charge is 0.455 e. The van der Waals surface area contributed by atoms with Gasteiger partial charge in [0.2, 0.25) is 0 Å². The number of rotatable bonds is 1. The molecule has 0 aliphatic carbocycles. The molecule has 30 heavy (non-hydrogen) atoms. The van der Waals surface area contributed by atoms with Crippen LogP contribution in [0.2, 0.25) is 0 Å². The fourth-order valence-electron chi connectivity index (χ4n) is 4.32. The van der Waals surface area contributed by atoms with Crippen molar-refractivity contribution in [1.82, 2.24) is 4.57 Å². The molecule has 0 bridgehead atoms. The summed E-state index contributed by atoms with van der Waals surface area (Å²) in [6.07, 6.45) is 0. The van der Waals surface area contributed by atoms with Crippen LogP contribution in [-0.4, -0.2) is 4.57 Å². The van der Waals surface area contributed by atoms with Crippen molar-refractivity contribution in [3.63, 3.8) is 0 Å². The topological polar surface area (TPSA) is 46.2 Å². The van der Waals surface area contributed by atoms with Crippen molar-refractivity contribution >= 4 is 49.4 Å². The van der Waals surface area contributed by atoms with E-state index in [0.29, 0.717) is 16.8 Å². The summed E-state index contributed by atoms with van der Waals surface area (Å²) in [5.74, 6) is 0. The molecule has 0 aliphatic heterocycles. The minimum Gasteiger partial charge on any atom is -0.455 e. The summed E-state index contributed by atoms with van der Waals surface area (Å²) >= 11 is 0. The zero-order valence-electron chi connectivity index (χ0n) is 15.8. The van der Waals surface area contributed by atoms with Crippen LogP contribution in [0.15, 0.2) is 83.3 Å². The van der Waals surface area contributed by atoms with Gasteiger partial charge in [-0.25, -0.2) is 4.85 Å². The number of furan rings is 1. The number of fused-ring (bicyclic) bond motifs is 6. The highest BCUT2D eigenvalue weighted by Crippen LogP contribution is 2.37. The maximum atomic E-state index is 9.41. The number of hydrogen-bond acceptors (Lipinski definition) is 2. The van der Waals surface area contributed by atoms with E-state index in [2.05, 4.69) is 33.7 Å². The minimum atomic E-state index is 0.536. The molecule has 0 spiro atoms. The summed E-state index contributed by atoms with van der Waals surface area (Å²) in [6.45, 7) is 7.37. The quantitative estimate of drug-likeness (QED) is 0.284. The van der Waals surface area contributed by atoms with Gasteiger partial charge in [0, 0.05) is 21.8 Å². The molecule has 0 aliphatic rings. The van der Waals surface area contributed by atoms with E-state index in [1.165, 1.54) is 0 Å². The Morgan fingerprint density at radius 3 is 2.50 bits per heavy atom. The molecule has 2 heterocycles. The number of benzene rings is 4. The van der Waals surface area contributed by atoms with Gasteiger partial charge in [-0.1, -0.05) is 36.4 Å². The monoisotopic (exact) mass is 383 g/mol. The first-order valence-corrected chi connectivity index (χ1v) is 9.55. The minimum absolute atomic E-state index is 0.536. The lowest BCUT2D eigenvalue weighted by Crippen LogP contribution is -1.93. The van der Waals surface area contributed by atoms with E-state index in [1.807, 2.05) is 54.6 Å². The van der Waals surface area contributed by atoms with Gasteiger partial charge in [0.05, 0.1) is 23.2 Å². The molecular weight excluding hydrogens is 370 g/mol. The van der Waals surface area contributed by atoms with Gasteiger partial charge >= 0.3 is 0 Å². The van der Waals surface area contributed by atoms with Gasteiger partial charge in [-0.15, -0.1) is 0 Å². The molecule has 2 aromatic heterocycles. The highest BCUT2D eigenvalue weighted by Gasteiger charge is 2.15. The molecule has 0 saturated heterocycles. The average molecular weight is 383 g/mol. The van der Waals surface area contributed by atoms with E-state index in [1.54, 1.807) is 6.07 Å². The van der Waals surface area contributed by atoms with E-state index < -0.39 is 0 Å². The van der Waals surface area contributed by atoms with Gasteiger partial charge in [0.25, 0.3) is 0 Å². The molecule has 0 amide bonds. The van der Waals surface area contributed by atoms with Crippen LogP contribution in [0.1, 0.15) is 5.56 Å². The smallest absolute Gasteiger partial charge is 0.188 e. The number of nitrogens with zero attached hydrogens (tertiary/aromatic N) is 3. The predicted molar refractivity (Wildman–Crippen MR) is 119 cm³/mol. The van der Waals surface area contributed by atoms with Crippen molar-refractivity contribution in [2.24, 2.45) is 0 Å². The van der Waals surface area contributed by atoms with Crippen LogP contribution < -0.4 is 0 Å². The molecule has 0 fully saturated rings. The summed E-state index contributed by atoms with van der Waals surface area (Å²) in [4.78, 5) is 3.60. The number of nitriles is 1. The average Bonchev–Trinajstić information content (AvgIpc) is 3.33. The first kappa shape index (κ1) is 16.4. The second kappa shape index (κ2) is 5.98. The van der Waals surface area contributed by atoms with Gasteiger partial charge in [0.1, 0.15) is 11.7 Å². The molecule has 4 aromatic carbocycles. The molecular formula is C26H13N3O. The van der Waals surface area contributed by atoms with E-state index in [4.69, 9.17) is 11.0 Å². The predicted octanol–water partition coefficient (Wildman–Crippen LogP) is 7.11. The van der Waals surface area contributed by atoms with Crippen LogP contribution >= 0.6 is 0 Å². The lowest BCUT2D eigenvalue weighted by molar-refractivity contribution is 0.667. The fourth-order valence-corrected chi connectivity index (χ4v) is 4.32. The third-order valence-electron chi connectivity index (χ3n) is 5.64. The summed E-state index contributed by atoms with van der Waals surface area (Å²) in [6, 6.07) is 28.0. The summed E-state index contributed by atoms with van der Waals surface area (Å²) in [5.41, 5.74) is 5.69. The zero-order valence-corrected chi connectivity index (χ0v) is 15.8. The maximum absolute atomic E-state index is 9.41. The lowest BCUT2D eigenvalue weighted by atomic mass is 10.1. The molecule has 0 atom stereocenters. The Morgan fingerprint density at radius 2 is 1.63 bits per heavy atom. The molecule has 0 saturated carbocycles. The first-order chi connectivity index (χ1) is 14.8. The third-order valence-corrected chi connectivity index (χ3v) is 5.64. The molecule has 6 aromatic rings. The molecule has 6 rings (SSSR count). The van der Waals surface area contributed by atoms with Crippen molar-refractivity contribution in [3.05, 3.63) is 95.8 Å². The Kier molecular flexibility index (Phi) is 3.27. The Balaban J connectivity index is 1.72. The SMILES string of the molecule is [C-]#[N+]c1ccc2c(c1)c1ccccc1n2-c1ccc2oc3c(C#N)cccc3c2c1. The molecule has 4 nitrogen and oxygen atoms in total. The highest BCUT2D eigenvalue weighted by molar-refractivity contribution is 6.11. The van der Waals surface area contributed by atoms with Gasteiger partial charge in [-0.2, -0.15) is 5.26 Å². The van der Waals surface area contributed by atoms with Crippen LogP contribution in [0.3, 0.4) is 0 Å². The highest BCUT2D eigenvalue weighted by atomic mass is 16.3. The first-order valence-electron chi connectivity index (χ1n) is 9.55. The molecule has 138 valence electrons. The zero-order chi connectivity index (χ0) is 20.2. The number of aromatic nitrogens is 1. The van der Waals surface area contributed by atoms with E-state index in [-0.39, 0.29) is 0 Å². The summed E-state index contributed by atoms with van der Waals surface area (Å²) in [7, 11) is 0. The van der Waals surface area contributed by atoms with Gasteiger partial charge in [0.15, 0.2) is 11.3 Å². The van der Waals surface area contributed by atoms with Crippen molar-refractivity contribution in [3.8, 4) is 11.8 Å². The molecule has 0 N–H and O–H groups in total. The van der Waals surface area contributed by atoms with Crippen molar-refractivity contribution in [2.45, 2.75) is 0 Å². The lowest BCUT2D eigenvalue weighted by Gasteiger charge is -2.08. The fraction of sp³-hybridized carbons (Fsp3) is 0. The van der Waals surface area contributed by atoms with Gasteiger partial charge < -0.3 is 8.98 Å². The molecule has 4 heteroatoms. The van der Waals surface area contributed by atoms with Crippen LogP contribution in [-0.2, 0) is 0 Å². The van der Waals surface area contributed by atoms with Crippen molar-refractivity contribution in [1.29, 1.82) is 5.26 Å². The van der Waals surface area contributed by atoms with Gasteiger partial charge in [-0.3, -0.25) is 0 Å². The second-order valence-electron chi connectivity index (χ2n) is 7.24. The van der Waals surface area contributed by atoms with Crippen molar-refractivity contribution in [2.75, 3.05) is 0 Å². The Morgan fingerprint density at radius 1 is 0.800 bits per heavy atom. The summed E-state index contributed by atoms with van der Waals surface area (Å²) in [5, 5.41) is 13.5. The van der Waals surface area contributed by atoms with Crippen LogP contribution in [0.25, 0.3) is 54.3 Å². The van der Waals surface area contributed by atoms with Crippen molar-refractivity contribution < 1.29 is 4.42 Å². The van der Waals surface area contributed by atoms with E-state index >= 15 is 0 Å². The Bertz CT molecular complexity index is 1720.